The Morgan fingerprint density at radius 3 is 2.90 bits per heavy atom. The number of aliphatic hydroxyl groups excluding tert-OH is 1. The van der Waals surface area contributed by atoms with Gasteiger partial charge in [0.15, 0.2) is 0 Å². The van der Waals surface area contributed by atoms with E-state index in [1.54, 1.807) is 0 Å². The second-order valence-corrected chi connectivity index (χ2v) is 6.61. The molecule has 0 spiro atoms. The molecule has 2 rings (SSSR count). The van der Waals surface area contributed by atoms with E-state index in [-0.39, 0.29) is 12.6 Å². The van der Waals surface area contributed by atoms with Crippen LogP contribution in [-0.2, 0) is 0 Å². The molecule has 0 bridgehead atoms. The first-order valence-corrected chi connectivity index (χ1v) is 8.28. The van der Waals surface area contributed by atoms with E-state index in [0.717, 1.165) is 24.0 Å². The van der Waals surface area contributed by atoms with Gasteiger partial charge in [0.25, 0.3) is 0 Å². The van der Waals surface area contributed by atoms with Crippen LogP contribution >= 0.6 is 15.9 Å². The Bertz CT molecular complexity index is 452. The van der Waals surface area contributed by atoms with E-state index in [0.29, 0.717) is 12.0 Å². The van der Waals surface area contributed by atoms with Crippen molar-refractivity contribution in [1.29, 1.82) is 0 Å². The Labute approximate surface area is 130 Å². The Balaban J connectivity index is 2.35. The minimum absolute atomic E-state index is 0.228. The number of nitrogens with zero attached hydrogens (tertiary/aromatic N) is 1. The predicted octanol–water partition coefficient (Wildman–Crippen LogP) is 3.33. The molecule has 1 fully saturated rings. The van der Waals surface area contributed by atoms with Crippen LogP contribution < -0.4 is 10.2 Å². The molecule has 0 amide bonds. The second-order valence-electron chi connectivity index (χ2n) is 5.69. The van der Waals surface area contributed by atoms with E-state index in [4.69, 9.17) is 0 Å². The first-order valence-electron chi connectivity index (χ1n) is 7.48. The number of benzene rings is 1. The van der Waals surface area contributed by atoms with Crippen molar-refractivity contribution in [1.82, 2.24) is 5.32 Å². The van der Waals surface area contributed by atoms with Crippen molar-refractivity contribution in [2.75, 3.05) is 24.6 Å². The van der Waals surface area contributed by atoms with E-state index in [1.807, 2.05) is 0 Å². The quantitative estimate of drug-likeness (QED) is 0.862. The number of halogens is 1. The Hall–Kier alpha value is -0.580. The largest absolute Gasteiger partial charge is 0.394 e. The summed E-state index contributed by atoms with van der Waals surface area (Å²) in [6.45, 7) is 8.76. The van der Waals surface area contributed by atoms with Gasteiger partial charge in [-0.3, -0.25) is 0 Å². The summed E-state index contributed by atoms with van der Waals surface area (Å²) >= 11 is 3.57. The highest BCUT2D eigenvalue weighted by Gasteiger charge is 2.32. The number of rotatable bonds is 5. The maximum Gasteiger partial charge on any atom is 0.0637 e. The molecule has 1 aromatic carbocycles. The van der Waals surface area contributed by atoms with Crippen LogP contribution in [0.25, 0.3) is 0 Å². The normalized spacial score (nSPS) is 24.1. The molecular weight excluding hydrogens is 316 g/mol. The molecule has 3 nitrogen and oxygen atoms in total. The van der Waals surface area contributed by atoms with Crippen LogP contribution in [0.3, 0.4) is 0 Å². The minimum Gasteiger partial charge on any atom is -0.394 e. The van der Waals surface area contributed by atoms with Crippen LogP contribution in [0.1, 0.15) is 38.8 Å². The summed E-state index contributed by atoms with van der Waals surface area (Å²) in [5, 5.41) is 13.2. The van der Waals surface area contributed by atoms with Crippen LogP contribution in [0.5, 0.6) is 0 Å². The number of hydrogen-bond donors (Lipinski definition) is 2. The van der Waals surface area contributed by atoms with E-state index in [9.17, 15) is 5.11 Å². The summed E-state index contributed by atoms with van der Waals surface area (Å²) in [7, 11) is 0. The lowest BCUT2D eigenvalue weighted by Crippen LogP contribution is -2.36. The van der Waals surface area contributed by atoms with Crippen molar-refractivity contribution in [3.05, 3.63) is 28.2 Å². The maximum atomic E-state index is 9.69. The lowest BCUT2D eigenvalue weighted by Gasteiger charge is -2.31. The van der Waals surface area contributed by atoms with Gasteiger partial charge in [0.2, 0.25) is 0 Å². The lowest BCUT2D eigenvalue weighted by molar-refractivity contribution is 0.244. The molecule has 1 heterocycles. The predicted molar refractivity (Wildman–Crippen MR) is 88.2 cm³/mol. The summed E-state index contributed by atoms with van der Waals surface area (Å²) in [5.41, 5.74) is 2.55. The SMILES string of the molecule is CCNC(C)c1cc(Br)ccc1N1CCC(C)C1CO. The maximum absolute atomic E-state index is 9.69. The molecule has 112 valence electrons. The van der Waals surface area contributed by atoms with Crippen LogP contribution in [0.2, 0.25) is 0 Å². The van der Waals surface area contributed by atoms with Gasteiger partial charge in [-0.05, 0) is 49.6 Å². The molecule has 3 unspecified atom stereocenters. The summed E-state index contributed by atoms with van der Waals surface area (Å²) in [5.74, 6) is 0.547. The molecule has 2 N–H and O–H groups in total. The third kappa shape index (κ3) is 3.18. The van der Waals surface area contributed by atoms with Gasteiger partial charge < -0.3 is 15.3 Å². The topological polar surface area (TPSA) is 35.5 Å². The molecule has 1 aromatic rings. The second kappa shape index (κ2) is 6.92. The zero-order valence-corrected chi connectivity index (χ0v) is 14.2. The lowest BCUT2D eigenvalue weighted by atomic mass is 10.0. The highest BCUT2D eigenvalue weighted by atomic mass is 79.9. The monoisotopic (exact) mass is 340 g/mol. The number of hydrogen-bond acceptors (Lipinski definition) is 3. The average Bonchev–Trinajstić information content (AvgIpc) is 2.80. The fourth-order valence-corrected chi connectivity index (χ4v) is 3.51. The zero-order valence-electron chi connectivity index (χ0n) is 12.6. The van der Waals surface area contributed by atoms with Crippen molar-refractivity contribution < 1.29 is 5.11 Å². The molecule has 1 aliphatic rings. The molecule has 1 saturated heterocycles. The summed E-state index contributed by atoms with van der Waals surface area (Å²) in [4.78, 5) is 2.38. The van der Waals surface area contributed by atoms with Crippen LogP contribution in [-0.4, -0.2) is 30.8 Å². The van der Waals surface area contributed by atoms with Crippen molar-refractivity contribution in [2.45, 2.75) is 39.3 Å². The molecule has 1 aliphatic heterocycles. The summed E-state index contributed by atoms with van der Waals surface area (Å²) in [6.07, 6.45) is 1.15. The fourth-order valence-electron chi connectivity index (χ4n) is 3.14. The van der Waals surface area contributed by atoms with Gasteiger partial charge in [-0.25, -0.2) is 0 Å². The van der Waals surface area contributed by atoms with E-state index < -0.39 is 0 Å². The molecule has 0 radical (unpaired) electrons. The molecular formula is C16H25BrN2O. The van der Waals surface area contributed by atoms with Crippen molar-refractivity contribution in [3.63, 3.8) is 0 Å². The fraction of sp³-hybridized carbons (Fsp3) is 0.625. The zero-order chi connectivity index (χ0) is 14.7. The van der Waals surface area contributed by atoms with Gasteiger partial charge in [-0.1, -0.05) is 29.8 Å². The van der Waals surface area contributed by atoms with Crippen molar-refractivity contribution >= 4 is 21.6 Å². The summed E-state index contributed by atoms with van der Waals surface area (Å²) in [6, 6.07) is 7.01. The Morgan fingerprint density at radius 2 is 2.25 bits per heavy atom. The smallest absolute Gasteiger partial charge is 0.0637 e. The van der Waals surface area contributed by atoms with Gasteiger partial charge in [0.1, 0.15) is 0 Å². The third-order valence-electron chi connectivity index (χ3n) is 4.35. The highest BCUT2D eigenvalue weighted by molar-refractivity contribution is 9.10. The van der Waals surface area contributed by atoms with E-state index >= 15 is 0 Å². The Morgan fingerprint density at radius 1 is 1.50 bits per heavy atom. The van der Waals surface area contributed by atoms with Gasteiger partial charge in [-0.2, -0.15) is 0 Å². The van der Waals surface area contributed by atoms with Crippen LogP contribution in [0, 0.1) is 5.92 Å². The van der Waals surface area contributed by atoms with Crippen molar-refractivity contribution in [3.8, 4) is 0 Å². The Kier molecular flexibility index (Phi) is 5.47. The molecule has 20 heavy (non-hydrogen) atoms. The molecule has 0 aliphatic carbocycles. The van der Waals surface area contributed by atoms with Gasteiger partial charge >= 0.3 is 0 Å². The standard InChI is InChI=1S/C16H25BrN2O/c1-4-18-12(3)14-9-13(17)5-6-15(14)19-8-7-11(2)16(19)10-20/h5-6,9,11-12,16,18,20H,4,7-8,10H2,1-3H3. The first kappa shape index (κ1) is 15.8. The van der Waals surface area contributed by atoms with Gasteiger partial charge in [0, 0.05) is 22.7 Å². The highest BCUT2D eigenvalue weighted by Crippen LogP contribution is 2.35. The number of aliphatic hydroxyl groups is 1. The van der Waals surface area contributed by atoms with Gasteiger partial charge in [-0.15, -0.1) is 0 Å². The average molecular weight is 341 g/mol. The van der Waals surface area contributed by atoms with Gasteiger partial charge in [0.05, 0.1) is 12.6 Å². The summed E-state index contributed by atoms with van der Waals surface area (Å²) < 4.78 is 1.11. The van der Waals surface area contributed by atoms with Crippen LogP contribution in [0.15, 0.2) is 22.7 Å². The molecule has 0 saturated carbocycles. The van der Waals surface area contributed by atoms with Crippen molar-refractivity contribution in [2.24, 2.45) is 5.92 Å². The number of anilines is 1. The van der Waals surface area contributed by atoms with E-state index in [2.05, 4.69) is 65.1 Å². The number of nitrogens with one attached hydrogen (secondary N) is 1. The first-order chi connectivity index (χ1) is 9.58. The molecule has 0 aromatic heterocycles. The third-order valence-corrected chi connectivity index (χ3v) is 4.84. The van der Waals surface area contributed by atoms with E-state index in [1.165, 1.54) is 11.3 Å². The minimum atomic E-state index is 0.228. The van der Waals surface area contributed by atoms with Crippen LogP contribution in [0.4, 0.5) is 5.69 Å². The molecule has 4 heteroatoms. The molecule has 3 atom stereocenters.